The summed E-state index contributed by atoms with van der Waals surface area (Å²) in [6.45, 7) is -0.639. The minimum atomic E-state index is -1.21. The van der Waals surface area contributed by atoms with Gasteiger partial charge in [-0.15, -0.1) is 5.10 Å². The molecule has 4 N–H and O–H groups in total. The van der Waals surface area contributed by atoms with E-state index in [9.17, 15) is 14.4 Å². The van der Waals surface area contributed by atoms with Gasteiger partial charge in [0.15, 0.2) is 6.61 Å². The third-order valence-corrected chi connectivity index (χ3v) is 1.08. The maximum absolute atomic E-state index is 10.9. The molecule has 1 aromatic heterocycles. The lowest BCUT2D eigenvalue weighted by atomic mass is 10.7. The zero-order chi connectivity index (χ0) is 10.6. The molecule has 0 atom stereocenters. The Bertz CT molecular complexity index is 434. The highest BCUT2D eigenvalue weighted by molar-refractivity contribution is 5.68. The van der Waals surface area contributed by atoms with Crippen LogP contribution >= 0.6 is 0 Å². The highest BCUT2D eigenvalue weighted by Gasteiger charge is 2.02. The normalized spacial score (nSPS) is 9.71. The molecule has 0 radical (unpaired) electrons. The molecule has 0 unspecified atom stereocenters. The van der Waals surface area contributed by atoms with Crippen LogP contribution in [0.5, 0.6) is 0 Å². The van der Waals surface area contributed by atoms with Crippen LogP contribution in [0.4, 0.5) is 5.82 Å². The van der Waals surface area contributed by atoms with E-state index in [2.05, 4.69) is 9.94 Å². The predicted molar refractivity (Wildman–Crippen MR) is 42.7 cm³/mol. The quantitative estimate of drug-likeness (QED) is 0.410. The van der Waals surface area contributed by atoms with E-state index in [-0.39, 0.29) is 5.82 Å². The molecule has 1 aromatic rings. The number of aromatic nitrogens is 3. The van der Waals surface area contributed by atoms with Crippen LogP contribution in [-0.2, 0) is 9.63 Å². The largest absolute Gasteiger partial charge is 0.479 e. The van der Waals surface area contributed by atoms with Crippen molar-refractivity contribution in [3.63, 3.8) is 0 Å². The summed E-state index contributed by atoms with van der Waals surface area (Å²) in [6, 6.07) is 0. The van der Waals surface area contributed by atoms with Crippen molar-refractivity contribution in [3.05, 3.63) is 20.8 Å². The third kappa shape index (κ3) is 2.71. The molecule has 0 bridgehead atoms. The Balaban J connectivity index is 2.64. The number of carboxylic acids is 1. The number of carboxylic acid groups (broad SMARTS) is 1. The van der Waals surface area contributed by atoms with Gasteiger partial charge in [-0.2, -0.15) is 0 Å². The van der Waals surface area contributed by atoms with Gasteiger partial charge >= 0.3 is 11.7 Å². The third-order valence-electron chi connectivity index (χ3n) is 1.08. The molecule has 0 saturated heterocycles. The molecule has 0 saturated carbocycles. The fourth-order valence-electron chi connectivity index (χ4n) is 0.583. The van der Waals surface area contributed by atoms with E-state index in [1.165, 1.54) is 0 Å². The smallest absolute Gasteiger partial charge is 0.342 e. The Hall–Kier alpha value is -2.16. The number of hydrogen-bond donors (Lipinski definition) is 4. The van der Waals surface area contributed by atoms with Crippen LogP contribution in [0, 0.1) is 0 Å². The monoisotopic (exact) mass is 202 g/mol. The molecule has 0 spiro atoms. The van der Waals surface area contributed by atoms with Gasteiger partial charge in [0.05, 0.1) is 0 Å². The summed E-state index contributed by atoms with van der Waals surface area (Å²) < 4.78 is 0. The van der Waals surface area contributed by atoms with Gasteiger partial charge in [0.2, 0.25) is 5.82 Å². The van der Waals surface area contributed by atoms with Crippen molar-refractivity contribution in [3.8, 4) is 0 Å². The average molecular weight is 202 g/mol. The van der Waals surface area contributed by atoms with Crippen LogP contribution in [0.15, 0.2) is 9.59 Å². The summed E-state index contributed by atoms with van der Waals surface area (Å²) in [5.74, 6) is -1.54. The number of hydrogen-bond acceptors (Lipinski definition) is 6. The standard InChI is InChI=1S/C5H6N4O5/c10-2(11)1-14-9-3-4(12)6-5(13)8-7-3/h1H2,(H,7,9)(H,10,11)(H2,6,8,12,13). The van der Waals surface area contributed by atoms with E-state index in [1.807, 2.05) is 15.6 Å². The second kappa shape index (κ2) is 4.18. The zero-order valence-corrected chi connectivity index (χ0v) is 6.73. The molecule has 0 amide bonds. The first kappa shape index (κ1) is 9.92. The summed E-state index contributed by atoms with van der Waals surface area (Å²) in [5, 5.41) is 13.4. The van der Waals surface area contributed by atoms with Crippen molar-refractivity contribution in [1.29, 1.82) is 0 Å². The Morgan fingerprint density at radius 3 is 2.86 bits per heavy atom. The molecule has 0 aromatic carbocycles. The number of nitrogens with zero attached hydrogens (tertiary/aromatic N) is 1. The van der Waals surface area contributed by atoms with Gasteiger partial charge in [-0.3, -0.25) is 14.6 Å². The molecule has 9 nitrogen and oxygen atoms in total. The summed E-state index contributed by atoms with van der Waals surface area (Å²) in [7, 11) is 0. The van der Waals surface area contributed by atoms with Crippen molar-refractivity contribution < 1.29 is 14.7 Å². The van der Waals surface area contributed by atoms with Crippen molar-refractivity contribution in [2.45, 2.75) is 0 Å². The van der Waals surface area contributed by atoms with Crippen LogP contribution in [0.25, 0.3) is 0 Å². The lowest BCUT2D eigenvalue weighted by Gasteiger charge is -2.00. The maximum atomic E-state index is 10.9. The topological polar surface area (TPSA) is 137 Å². The van der Waals surface area contributed by atoms with E-state index in [1.54, 1.807) is 0 Å². The number of carbonyl (C=O) groups is 1. The first-order valence-electron chi connectivity index (χ1n) is 3.38. The van der Waals surface area contributed by atoms with E-state index in [4.69, 9.17) is 5.11 Å². The Morgan fingerprint density at radius 1 is 1.57 bits per heavy atom. The average Bonchev–Trinajstić information content (AvgIpc) is 2.08. The molecule has 76 valence electrons. The summed E-state index contributed by atoms with van der Waals surface area (Å²) in [4.78, 5) is 37.6. The fourth-order valence-corrected chi connectivity index (χ4v) is 0.583. The molecule has 14 heavy (non-hydrogen) atoms. The van der Waals surface area contributed by atoms with Crippen molar-refractivity contribution in [2.75, 3.05) is 12.1 Å². The summed E-state index contributed by atoms with van der Waals surface area (Å²) in [6.07, 6.45) is 0. The minimum Gasteiger partial charge on any atom is -0.479 e. The molecule has 9 heteroatoms. The van der Waals surface area contributed by atoms with Crippen LogP contribution in [0.2, 0.25) is 0 Å². The van der Waals surface area contributed by atoms with Crippen molar-refractivity contribution in [1.82, 2.24) is 15.2 Å². The lowest BCUT2D eigenvalue weighted by molar-refractivity contribution is -0.141. The highest BCUT2D eigenvalue weighted by atomic mass is 16.7. The Kier molecular flexibility index (Phi) is 2.97. The van der Waals surface area contributed by atoms with Gasteiger partial charge in [0.1, 0.15) is 0 Å². The first-order chi connectivity index (χ1) is 6.59. The minimum absolute atomic E-state index is 0.328. The number of anilines is 1. The Labute approximate surface area is 75.7 Å². The molecule has 1 heterocycles. The van der Waals surface area contributed by atoms with Crippen molar-refractivity contribution >= 4 is 11.8 Å². The van der Waals surface area contributed by atoms with Gasteiger partial charge < -0.3 is 5.11 Å². The number of aromatic amines is 2. The summed E-state index contributed by atoms with van der Waals surface area (Å²) in [5.41, 5.74) is 0.394. The highest BCUT2D eigenvalue weighted by Crippen LogP contribution is 1.85. The van der Waals surface area contributed by atoms with E-state index < -0.39 is 23.8 Å². The number of rotatable bonds is 4. The molecule has 0 aliphatic rings. The molecule has 1 rings (SSSR count). The Morgan fingerprint density at radius 2 is 2.29 bits per heavy atom. The zero-order valence-electron chi connectivity index (χ0n) is 6.73. The first-order valence-corrected chi connectivity index (χ1v) is 3.38. The van der Waals surface area contributed by atoms with E-state index in [0.717, 1.165) is 0 Å². The summed E-state index contributed by atoms with van der Waals surface area (Å²) >= 11 is 0. The van der Waals surface area contributed by atoms with Crippen molar-refractivity contribution in [2.24, 2.45) is 0 Å². The van der Waals surface area contributed by atoms with Crippen LogP contribution in [0.1, 0.15) is 0 Å². The van der Waals surface area contributed by atoms with Gasteiger partial charge in [0.25, 0.3) is 5.56 Å². The van der Waals surface area contributed by atoms with Crippen LogP contribution < -0.4 is 16.7 Å². The number of H-pyrrole nitrogens is 2. The molecule has 0 aliphatic heterocycles. The molecular formula is C5H6N4O5. The van der Waals surface area contributed by atoms with Gasteiger partial charge in [-0.25, -0.2) is 20.2 Å². The van der Waals surface area contributed by atoms with E-state index >= 15 is 0 Å². The van der Waals surface area contributed by atoms with Crippen LogP contribution in [-0.4, -0.2) is 32.9 Å². The number of nitrogens with one attached hydrogen (secondary N) is 3. The van der Waals surface area contributed by atoms with Gasteiger partial charge in [0, 0.05) is 0 Å². The maximum Gasteiger partial charge on any atom is 0.342 e. The van der Waals surface area contributed by atoms with Crippen LogP contribution in [0.3, 0.4) is 0 Å². The second-order valence-corrected chi connectivity index (χ2v) is 2.14. The van der Waals surface area contributed by atoms with Gasteiger partial charge in [-0.1, -0.05) is 0 Å². The number of aliphatic carboxylic acids is 1. The molecular weight excluding hydrogens is 196 g/mol. The molecule has 0 fully saturated rings. The predicted octanol–water partition coefficient (Wildman–Crippen LogP) is -2.11. The lowest BCUT2D eigenvalue weighted by Crippen LogP contribution is -2.27. The fraction of sp³-hybridized carbons (Fsp3) is 0.200. The second-order valence-electron chi connectivity index (χ2n) is 2.14. The molecule has 0 aliphatic carbocycles. The van der Waals surface area contributed by atoms with E-state index in [0.29, 0.717) is 0 Å². The van der Waals surface area contributed by atoms with Gasteiger partial charge in [-0.05, 0) is 0 Å². The SMILES string of the molecule is O=C(O)CONc1n[nH]c(=O)[nH]c1=O.